The summed E-state index contributed by atoms with van der Waals surface area (Å²) in [5.74, 6) is -0.335. The summed E-state index contributed by atoms with van der Waals surface area (Å²) in [6, 6.07) is 12.7. The van der Waals surface area contributed by atoms with Gasteiger partial charge in [-0.05, 0) is 18.2 Å². The van der Waals surface area contributed by atoms with Crippen LogP contribution in [0.15, 0.2) is 48.5 Å². The fourth-order valence-electron chi connectivity index (χ4n) is 3.69. The maximum absolute atomic E-state index is 12.6. The molecule has 0 bridgehead atoms. The van der Waals surface area contributed by atoms with Crippen LogP contribution in [0.4, 0.5) is 0 Å². The molecular formula is C20H11Cl2NaO5. The number of carbonyl (C=O) groups is 1. The molecule has 8 heteroatoms. The number of hydrogen-bond donors (Lipinski definition) is 2. The molecule has 3 aromatic rings. The van der Waals surface area contributed by atoms with E-state index in [2.05, 4.69) is 0 Å². The van der Waals surface area contributed by atoms with Gasteiger partial charge >= 0.3 is 35.5 Å². The van der Waals surface area contributed by atoms with Crippen molar-refractivity contribution < 1.29 is 24.5 Å². The van der Waals surface area contributed by atoms with Gasteiger partial charge < -0.3 is 19.7 Å². The Hall–Kier alpha value is -1.89. The van der Waals surface area contributed by atoms with Crippen LogP contribution in [0, 0.1) is 0 Å². The number of fused-ring (bicyclic) bond motifs is 6. The molecule has 0 fully saturated rings. The summed E-state index contributed by atoms with van der Waals surface area (Å²) in [7, 11) is 0. The standard InChI is InChI=1S/C20H10Cl2O5.Na.H/c21-13-5-11-17(7-15(13)23)26-18-8-16(24)14(22)6-12(18)20(11)10-4-2-1-3-9(10)19(25)27-20;;/h1-8,23-24H;;. The first-order chi connectivity index (χ1) is 12.9. The zero-order chi connectivity index (χ0) is 18.9. The van der Waals surface area contributed by atoms with Gasteiger partial charge in [0.2, 0.25) is 0 Å². The minimum absolute atomic E-state index is 0. The molecule has 1 spiro atoms. The number of phenols is 2. The van der Waals surface area contributed by atoms with Gasteiger partial charge in [-0.1, -0.05) is 41.4 Å². The summed E-state index contributed by atoms with van der Waals surface area (Å²) in [5.41, 5.74) is 0.565. The molecule has 0 atom stereocenters. The fraction of sp³-hybridized carbons (Fsp3) is 0.0500. The van der Waals surface area contributed by atoms with Gasteiger partial charge in [0.25, 0.3) is 0 Å². The summed E-state index contributed by atoms with van der Waals surface area (Å²) in [4.78, 5) is 12.6. The first-order valence-corrected chi connectivity index (χ1v) is 8.74. The average molecular weight is 425 g/mol. The summed E-state index contributed by atoms with van der Waals surface area (Å²) >= 11 is 12.3. The normalized spacial score (nSPS) is 15.0. The molecule has 5 rings (SSSR count). The number of carbonyl (C=O) groups excluding carboxylic acids is 1. The number of ether oxygens (including phenoxy) is 2. The third-order valence-electron chi connectivity index (χ3n) is 4.85. The van der Waals surface area contributed by atoms with Gasteiger partial charge in [0.05, 0.1) is 15.6 Å². The van der Waals surface area contributed by atoms with Crippen molar-refractivity contribution in [3.8, 4) is 23.0 Å². The third kappa shape index (κ3) is 2.48. The van der Waals surface area contributed by atoms with Crippen molar-refractivity contribution in [3.05, 3.63) is 80.8 Å². The number of phenolic OH excluding ortho intramolecular Hbond substituents is 2. The Balaban J connectivity index is 0.00000192. The minimum atomic E-state index is -1.36. The van der Waals surface area contributed by atoms with Crippen LogP contribution in [0.2, 0.25) is 10.0 Å². The second-order valence-corrected chi connectivity index (χ2v) is 7.13. The summed E-state index contributed by atoms with van der Waals surface area (Å²) in [5, 5.41) is 20.2. The molecule has 2 aliphatic rings. The molecule has 2 N–H and O–H groups in total. The summed E-state index contributed by atoms with van der Waals surface area (Å²) < 4.78 is 11.8. The number of esters is 1. The van der Waals surface area contributed by atoms with E-state index >= 15 is 0 Å². The molecule has 0 aromatic heterocycles. The Morgan fingerprint density at radius 2 is 1.36 bits per heavy atom. The third-order valence-corrected chi connectivity index (χ3v) is 5.45. The van der Waals surface area contributed by atoms with Crippen LogP contribution >= 0.6 is 23.2 Å². The molecule has 0 radical (unpaired) electrons. The van der Waals surface area contributed by atoms with E-state index in [-0.39, 0.29) is 62.6 Å². The van der Waals surface area contributed by atoms with E-state index in [1.807, 2.05) is 0 Å². The molecule has 136 valence electrons. The van der Waals surface area contributed by atoms with Crippen LogP contribution in [0.5, 0.6) is 23.0 Å². The predicted octanol–water partition coefficient (Wildman–Crippen LogP) is 4.32. The Labute approximate surface area is 191 Å². The number of benzene rings is 3. The fourth-order valence-corrected chi connectivity index (χ4v) is 4.01. The van der Waals surface area contributed by atoms with E-state index in [9.17, 15) is 15.0 Å². The van der Waals surface area contributed by atoms with Crippen molar-refractivity contribution in [3.63, 3.8) is 0 Å². The van der Waals surface area contributed by atoms with Gasteiger partial charge in [0.15, 0.2) is 5.60 Å². The van der Waals surface area contributed by atoms with E-state index in [1.54, 1.807) is 24.3 Å². The molecule has 5 nitrogen and oxygen atoms in total. The molecule has 0 amide bonds. The van der Waals surface area contributed by atoms with E-state index in [0.717, 1.165) is 0 Å². The SMILES string of the molecule is O=C1OC2(c3cc(Cl)c(O)cc3Oc3cc(O)c(Cl)cc32)c2ccccc21.[NaH]. The quantitative estimate of drug-likeness (QED) is 0.415. The Bertz CT molecular complexity index is 1100. The van der Waals surface area contributed by atoms with E-state index in [1.165, 1.54) is 24.3 Å². The monoisotopic (exact) mass is 424 g/mol. The zero-order valence-corrected chi connectivity index (χ0v) is 15.0. The van der Waals surface area contributed by atoms with Crippen LogP contribution in [-0.4, -0.2) is 45.7 Å². The first-order valence-electron chi connectivity index (χ1n) is 7.98. The first kappa shape index (κ1) is 19.4. The van der Waals surface area contributed by atoms with Crippen molar-refractivity contribution >= 4 is 58.7 Å². The van der Waals surface area contributed by atoms with Crippen LogP contribution in [-0.2, 0) is 10.3 Å². The number of halogens is 2. The van der Waals surface area contributed by atoms with Gasteiger partial charge in [-0.25, -0.2) is 4.79 Å². The Morgan fingerprint density at radius 1 is 0.821 bits per heavy atom. The maximum atomic E-state index is 12.6. The van der Waals surface area contributed by atoms with Crippen LogP contribution < -0.4 is 4.74 Å². The van der Waals surface area contributed by atoms with Crippen LogP contribution in [0.3, 0.4) is 0 Å². The zero-order valence-electron chi connectivity index (χ0n) is 13.5. The van der Waals surface area contributed by atoms with Gasteiger partial charge in [-0.3, -0.25) is 0 Å². The van der Waals surface area contributed by atoms with E-state index in [4.69, 9.17) is 32.7 Å². The van der Waals surface area contributed by atoms with Gasteiger partial charge in [0, 0.05) is 28.8 Å². The van der Waals surface area contributed by atoms with Gasteiger partial charge in [-0.2, -0.15) is 0 Å². The molecule has 2 heterocycles. The van der Waals surface area contributed by atoms with E-state index < -0.39 is 11.6 Å². The molecule has 3 aromatic carbocycles. The molecule has 2 aliphatic heterocycles. The van der Waals surface area contributed by atoms with Crippen LogP contribution in [0.1, 0.15) is 27.0 Å². The summed E-state index contributed by atoms with van der Waals surface area (Å²) in [6.07, 6.45) is 0. The Kier molecular flexibility index (Phi) is 4.56. The molecule has 0 saturated heterocycles. The number of hydrogen-bond acceptors (Lipinski definition) is 5. The van der Waals surface area contributed by atoms with Crippen molar-refractivity contribution in [2.45, 2.75) is 5.60 Å². The number of aromatic hydroxyl groups is 2. The van der Waals surface area contributed by atoms with Crippen molar-refractivity contribution in [2.24, 2.45) is 0 Å². The average Bonchev–Trinajstić information content (AvgIpc) is 2.93. The van der Waals surface area contributed by atoms with Crippen LogP contribution in [0.25, 0.3) is 0 Å². The summed E-state index contributed by atoms with van der Waals surface area (Å²) in [6.45, 7) is 0. The van der Waals surface area contributed by atoms with E-state index in [0.29, 0.717) is 22.3 Å². The second kappa shape index (κ2) is 6.58. The van der Waals surface area contributed by atoms with Crippen molar-refractivity contribution in [2.75, 3.05) is 0 Å². The molecule has 0 aliphatic carbocycles. The van der Waals surface area contributed by atoms with Crippen molar-refractivity contribution in [1.29, 1.82) is 0 Å². The Morgan fingerprint density at radius 3 is 1.93 bits per heavy atom. The predicted molar refractivity (Wildman–Crippen MR) is 105 cm³/mol. The topological polar surface area (TPSA) is 76.0 Å². The van der Waals surface area contributed by atoms with Gasteiger partial charge in [-0.15, -0.1) is 0 Å². The molecule has 0 unspecified atom stereocenters. The van der Waals surface area contributed by atoms with Gasteiger partial charge in [0.1, 0.15) is 23.0 Å². The molecular weight excluding hydrogens is 414 g/mol. The number of rotatable bonds is 0. The molecule has 28 heavy (non-hydrogen) atoms. The van der Waals surface area contributed by atoms with Crippen molar-refractivity contribution in [1.82, 2.24) is 0 Å². The second-order valence-electron chi connectivity index (χ2n) is 6.32. The molecule has 0 saturated carbocycles.